The number of hydrogen-bond donors (Lipinski definition) is 0. The van der Waals surface area contributed by atoms with E-state index in [-0.39, 0.29) is 0 Å². The molecule has 0 fully saturated rings. The number of sulfonamides is 1. The van der Waals surface area contributed by atoms with E-state index in [9.17, 15) is 8.42 Å². The minimum atomic E-state index is -3.51. The molecule has 21 heavy (non-hydrogen) atoms. The predicted octanol–water partition coefficient (Wildman–Crippen LogP) is 4.23. The first kappa shape index (κ1) is 16.5. The molecule has 0 aliphatic carbocycles. The monoisotopic (exact) mass is 387 g/mol. The van der Waals surface area contributed by atoms with E-state index in [1.54, 1.807) is 37.4 Å². The Balaban J connectivity index is 2.25. The van der Waals surface area contributed by atoms with Crippen molar-refractivity contribution in [2.45, 2.75) is 18.4 Å². The van der Waals surface area contributed by atoms with Gasteiger partial charge in [0.05, 0.1) is 4.90 Å². The molecule has 0 amide bonds. The first-order chi connectivity index (χ1) is 9.80. The van der Waals surface area contributed by atoms with Crippen LogP contribution in [0.1, 0.15) is 11.1 Å². The first-order valence-corrected chi connectivity index (χ1v) is 8.89. The summed E-state index contributed by atoms with van der Waals surface area (Å²) >= 11 is 9.20. The van der Waals surface area contributed by atoms with Crippen molar-refractivity contribution in [3.8, 4) is 0 Å². The lowest BCUT2D eigenvalue weighted by molar-refractivity contribution is 0.466. The average molecular weight is 389 g/mol. The molecular weight excluding hydrogens is 374 g/mol. The van der Waals surface area contributed by atoms with Gasteiger partial charge in [0.2, 0.25) is 10.0 Å². The number of hydrogen-bond acceptors (Lipinski definition) is 2. The van der Waals surface area contributed by atoms with Gasteiger partial charge in [-0.05, 0) is 48.4 Å². The van der Waals surface area contributed by atoms with E-state index in [1.807, 2.05) is 19.1 Å². The molecule has 0 atom stereocenters. The fraction of sp³-hybridized carbons (Fsp3) is 0.200. The lowest BCUT2D eigenvalue weighted by Gasteiger charge is -2.18. The van der Waals surface area contributed by atoms with E-state index in [2.05, 4.69) is 15.9 Å². The van der Waals surface area contributed by atoms with Gasteiger partial charge in [-0.1, -0.05) is 39.7 Å². The highest BCUT2D eigenvalue weighted by atomic mass is 79.9. The minimum absolute atomic E-state index is 0.291. The van der Waals surface area contributed by atoms with Crippen LogP contribution >= 0.6 is 27.5 Å². The van der Waals surface area contributed by atoms with Crippen molar-refractivity contribution >= 4 is 37.6 Å². The Morgan fingerprint density at radius 2 is 1.76 bits per heavy atom. The summed E-state index contributed by atoms with van der Waals surface area (Å²) in [7, 11) is -1.94. The van der Waals surface area contributed by atoms with E-state index in [0.717, 1.165) is 15.6 Å². The molecular formula is C15H15BrClNO2S. The Morgan fingerprint density at radius 3 is 2.33 bits per heavy atom. The molecule has 3 nitrogen and oxygen atoms in total. The van der Waals surface area contributed by atoms with Gasteiger partial charge in [-0.15, -0.1) is 0 Å². The standard InChI is InChI=1S/C15H15BrClNO2S/c1-11-9-14(7-8-15(11)16)21(19,20)18(2)10-12-3-5-13(17)6-4-12/h3-9H,10H2,1-2H3. The first-order valence-electron chi connectivity index (χ1n) is 6.27. The number of benzene rings is 2. The molecule has 2 rings (SSSR count). The lowest BCUT2D eigenvalue weighted by Crippen LogP contribution is -2.26. The Bertz CT molecular complexity index is 745. The molecule has 0 heterocycles. The zero-order valence-corrected chi connectivity index (χ0v) is 14.8. The lowest BCUT2D eigenvalue weighted by atomic mass is 10.2. The largest absolute Gasteiger partial charge is 0.243 e. The highest BCUT2D eigenvalue weighted by Crippen LogP contribution is 2.23. The molecule has 6 heteroatoms. The van der Waals surface area contributed by atoms with Crippen LogP contribution < -0.4 is 0 Å². The molecule has 0 aliphatic rings. The summed E-state index contributed by atoms with van der Waals surface area (Å²) in [6.45, 7) is 2.16. The molecule has 0 radical (unpaired) electrons. The van der Waals surface area contributed by atoms with Crippen molar-refractivity contribution < 1.29 is 8.42 Å². The van der Waals surface area contributed by atoms with E-state index in [1.165, 1.54) is 4.31 Å². The van der Waals surface area contributed by atoms with Crippen LogP contribution in [0.4, 0.5) is 0 Å². The van der Waals surface area contributed by atoms with Gasteiger partial charge >= 0.3 is 0 Å². The fourth-order valence-electron chi connectivity index (χ4n) is 1.89. The van der Waals surface area contributed by atoms with Gasteiger partial charge in [0, 0.05) is 23.1 Å². The van der Waals surface area contributed by atoms with Crippen molar-refractivity contribution in [3.63, 3.8) is 0 Å². The molecule has 0 bridgehead atoms. The smallest absolute Gasteiger partial charge is 0.207 e. The third kappa shape index (κ3) is 3.86. The van der Waals surface area contributed by atoms with Crippen LogP contribution in [0.2, 0.25) is 5.02 Å². The number of rotatable bonds is 4. The third-order valence-corrected chi connectivity index (χ3v) is 6.10. The maximum atomic E-state index is 12.6. The minimum Gasteiger partial charge on any atom is -0.207 e. The molecule has 2 aromatic carbocycles. The second-order valence-electron chi connectivity index (χ2n) is 4.80. The van der Waals surface area contributed by atoms with Crippen LogP contribution in [0, 0.1) is 6.92 Å². The third-order valence-electron chi connectivity index (χ3n) is 3.16. The molecule has 112 valence electrons. The van der Waals surface area contributed by atoms with Crippen molar-refractivity contribution in [2.75, 3.05) is 7.05 Å². The Morgan fingerprint density at radius 1 is 1.14 bits per heavy atom. The summed E-state index contributed by atoms with van der Waals surface area (Å²) in [4.78, 5) is 0.291. The maximum Gasteiger partial charge on any atom is 0.243 e. The van der Waals surface area contributed by atoms with Gasteiger partial charge < -0.3 is 0 Å². The number of aryl methyl sites for hydroxylation is 1. The second kappa shape index (κ2) is 6.48. The summed E-state index contributed by atoms with van der Waals surface area (Å²) in [5.41, 5.74) is 1.77. The van der Waals surface area contributed by atoms with E-state index >= 15 is 0 Å². The van der Waals surface area contributed by atoms with E-state index < -0.39 is 10.0 Å². The molecule has 0 unspecified atom stereocenters. The van der Waals surface area contributed by atoms with Gasteiger partial charge in [0.1, 0.15) is 0 Å². The van der Waals surface area contributed by atoms with Gasteiger partial charge in [-0.25, -0.2) is 8.42 Å². The van der Waals surface area contributed by atoms with Crippen LogP contribution in [0.5, 0.6) is 0 Å². The van der Waals surface area contributed by atoms with Gasteiger partial charge in [0.25, 0.3) is 0 Å². The van der Waals surface area contributed by atoms with Crippen LogP contribution in [0.3, 0.4) is 0 Å². The van der Waals surface area contributed by atoms with Gasteiger partial charge in [0.15, 0.2) is 0 Å². The van der Waals surface area contributed by atoms with Crippen LogP contribution in [0.15, 0.2) is 51.8 Å². The molecule has 0 aromatic heterocycles. The SMILES string of the molecule is Cc1cc(S(=O)(=O)N(C)Cc2ccc(Cl)cc2)ccc1Br. The Kier molecular flexibility index (Phi) is 5.09. The summed E-state index contributed by atoms with van der Waals surface area (Å²) in [5, 5.41) is 0.632. The molecule has 0 spiro atoms. The fourth-order valence-corrected chi connectivity index (χ4v) is 3.51. The summed E-state index contributed by atoms with van der Waals surface area (Å²) in [6, 6.07) is 12.2. The molecule has 0 saturated carbocycles. The summed E-state index contributed by atoms with van der Waals surface area (Å²) in [6.07, 6.45) is 0. The van der Waals surface area contributed by atoms with Crippen molar-refractivity contribution in [1.82, 2.24) is 4.31 Å². The highest BCUT2D eigenvalue weighted by Gasteiger charge is 2.21. The van der Waals surface area contributed by atoms with Crippen LogP contribution in [-0.4, -0.2) is 19.8 Å². The predicted molar refractivity (Wildman–Crippen MR) is 89.0 cm³/mol. The highest BCUT2D eigenvalue weighted by molar-refractivity contribution is 9.10. The molecule has 2 aromatic rings. The van der Waals surface area contributed by atoms with Gasteiger partial charge in [-0.2, -0.15) is 4.31 Å². The number of nitrogens with zero attached hydrogens (tertiary/aromatic N) is 1. The quantitative estimate of drug-likeness (QED) is 0.786. The zero-order chi connectivity index (χ0) is 15.6. The second-order valence-corrected chi connectivity index (χ2v) is 8.13. The number of halogens is 2. The zero-order valence-electron chi connectivity index (χ0n) is 11.7. The van der Waals surface area contributed by atoms with Crippen molar-refractivity contribution in [3.05, 3.63) is 63.1 Å². The molecule has 0 saturated heterocycles. The maximum absolute atomic E-state index is 12.6. The van der Waals surface area contributed by atoms with E-state index in [0.29, 0.717) is 16.5 Å². The van der Waals surface area contributed by atoms with Crippen LogP contribution in [0.25, 0.3) is 0 Å². The molecule has 0 aliphatic heterocycles. The topological polar surface area (TPSA) is 37.4 Å². The Labute approximate surface area is 138 Å². The van der Waals surface area contributed by atoms with Crippen molar-refractivity contribution in [2.24, 2.45) is 0 Å². The summed E-state index contributed by atoms with van der Waals surface area (Å²) < 4.78 is 27.3. The van der Waals surface area contributed by atoms with Crippen molar-refractivity contribution in [1.29, 1.82) is 0 Å². The molecule has 0 N–H and O–H groups in total. The summed E-state index contributed by atoms with van der Waals surface area (Å²) in [5.74, 6) is 0. The normalized spacial score (nSPS) is 11.9. The van der Waals surface area contributed by atoms with E-state index in [4.69, 9.17) is 11.6 Å². The van der Waals surface area contributed by atoms with Crippen LogP contribution in [-0.2, 0) is 16.6 Å². The Hall–Kier alpha value is -0.880. The average Bonchev–Trinajstić information content (AvgIpc) is 2.44. The van der Waals surface area contributed by atoms with Gasteiger partial charge in [-0.3, -0.25) is 0 Å².